The zero-order chi connectivity index (χ0) is 33.0. The van der Waals surface area contributed by atoms with Crippen LogP contribution in [0.25, 0.3) is 22.3 Å². The molecule has 240 valence electrons. The summed E-state index contributed by atoms with van der Waals surface area (Å²) in [7, 11) is -3.24. The Kier molecular flexibility index (Phi) is 7.96. The van der Waals surface area contributed by atoms with Crippen LogP contribution in [0.2, 0.25) is 5.02 Å². The maximum atomic E-state index is 15.6. The number of hydrogen-bond donors (Lipinski definition) is 0. The number of anilines is 1. The summed E-state index contributed by atoms with van der Waals surface area (Å²) in [6, 6.07) is 14.2. The van der Waals surface area contributed by atoms with Crippen LogP contribution in [0.15, 0.2) is 76.2 Å². The maximum absolute atomic E-state index is 15.6. The molecule has 46 heavy (non-hydrogen) atoms. The summed E-state index contributed by atoms with van der Waals surface area (Å²) < 4.78 is 86.4. The van der Waals surface area contributed by atoms with E-state index < -0.39 is 38.2 Å². The first-order chi connectivity index (χ1) is 21.6. The second-order valence-corrected chi connectivity index (χ2v) is 14.4. The van der Waals surface area contributed by atoms with Crippen molar-refractivity contribution in [1.29, 1.82) is 0 Å². The molecular formula is C32H27ClF4N4O4S. The van der Waals surface area contributed by atoms with Crippen LogP contribution in [0.3, 0.4) is 0 Å². The minimum absolute atomic E-state index is 0.00228. The van der Waals surface area contributed by atoms with Crippen molar-refractivity contribution in [2.75, 3.05) is 29.5 Å². The van der Waals surface area contributed by atoms with Crippen LogP contribution in [0, 0.1) is 5.82 Å². The Morgan fingerprint density at radius 2 is 1.59 bits per heavy atom. The summed E-state index contributed by atoms with van der Waals surface area (Å²) >= 11 is 6.04. The number of aromatic nitrogens is 3. The Morgan fingerprint density at radius 1 is 0.957 bits per heavy atom. The molecule has 0 atom stereocenters. The lowest BCUT2D eigenvalue weighted by Crippen LogP contribution is -2.40. The Hall–Kier alpha value is -4.23. The van der Waals surface area contributed by atoms with Crippen molar-refractivity contribution in [3.63, 3.8) is 0 Å². The van der Waals surface area contributed by atoms with E-state index in [0.29, 0.717) is 16.1 Å². The topological polar surface area (TPSA) is 98.3 Å². The Morgan fingerprint density at radius 3 is 2.22 bits per heavy atom. The van der Waals surface area contributed by atoms with Crippen molar-refractivity contribution in [2.24, 2.45) is 0 Å². The van der Waals surface area contributed by atoms with E-state index in [-0.39, 0.29) is 59.5 Å². The van der Waals surface area contributed by atoms with E-state index in [4.69, 9.17) is 16.1 Å². The van der Waals surface area contributed by atoms with Gasteiger partial charge in [-0.25, -0.2) is 12.8 Å². The summed E-state index contributed by atoms with van der Waals surface area (Å²) in [5, 5.41) is 4.60. The molecule has 0 N–H and O–H groups in total. The fourth-order valence-corrected chi connectivity index (χ4v) is 6.78. The Bertz CT molecular complexity index is 2100. The van der Waals surface area contributed by atoms with Gasteiger partial charge in [0.15, 0.2) is 9.84 Å². The molecule has 8 nitrogen and oxygen atoms in total. The van der Waals surface area contributed by atoms with Gasteiger partial charge in [-0.2, -0.15) is 18.2 Å². The molecule has 1 aliphatic rings. The van der Waals surface area contributed by atoms with Crippen LogP contribution in [0.4, 0.5) is 23.2 Å². The smallest absolute Gasteiger partial charge is 0.367 e. The van der Waals surface area contributed by atoms with Crippen LogP contribution >= 0.6 is 11.6 Å². The third-order valence-corrected chi connectivity index (χ3v) is 10.1. The minimum atomic E-state index is -4.51. The third kappa shape index (κ3) is 6.13. The lowest BCUT2D eigenvalue weighted by atomic mass is 9.84. The number of fused-ring (bicyclic) bond motifs is 1. The molecule has 3 heterocycles. The predicted molar refractivity (Wildman–Crippen MR) is 166 cm³/mol. The molecule has 0 aliphatic carbocycles. The summed E-state index contributed by atoms with van der Waals surface area (Å²) in [5.41, 5.74) is -0.448. The number of halogens is 5. The zero-order valence-corrected chi connectivity index (χ0v) is 26.2. The summed E-state index contributed by atoms with van der Waals surface area (Å²) in [4.78, 5) is 20.0. The fourth-order valence-electron chi connectivity index (χ4n) is 5.46. The molecule has 14 heteroatoms. The van der Waals surface area contributed by atoms with Gasteiger partial charge < -0.3 is 14.0 Å². The summed E-state index contributed by atoms with van der Waals surface area (Å²) in [5.74, 6) is -0.849. The average molecular weight is 675 g/mol. The molecule has 5 aromatic rings. The van der Waals surface area contributed by atoms with Crippen molar-refractivity contribution in [2.45, 2.75) is 32.0 Å². The van der Waals surface area contributed by atoms with Gasteiger partial charge in [-0.15, -0.1) is 0 Å². The molecule has 6 rings (SSSR count). The highest BCUT2D eigenvalue weighted by Gasteiger charge is 2.32. The van der Waals surface area contributed by atoms with Gasteiger partial charge in [0.25, 0.3) is 0 Å². The molecule has 1 saturated heterocycles. The van der Waals surface area contributed by atoms with Crippen LogP contribution in [0.1, 0.15) is 36.4 Å². The van der Waals surface area contributed by atoms with Gasteiger partial charge in [0.1, 0.15) is 5.82 Å². The van der Waals surface area contributed by atoms with E-state index in [0.717, 1.165) is 23.8 Å². The van der Waals surface area contributed by atoms with E-state index >= 15 is 4.39 Å². The number of hydrogen-bond acceptors (Lipinski definition) is 7. The Balaban J connectivity index is 1.47. The number of rotatable bonds is 6. The Labute approximate surface area is 266 Å². The average Bonchev–Trinajstić information content (AvgIpc) is 3.50. The molecule has 0 unspecified atom stereocenters. The van der Waals surface area contributed by atoms with Crippen molar-refractivity contribution in [1.82, 2.24) is 14.7 Å². The quantitative estimate of drug-likeness (QED) is 0.190. The normalized spacial score (nSPS) is 15.4. The lowest BCUT2D eigenvalue weighted by Gasteiger charge is -2.29. The molecule has 3 aromatic carbocycles. The largest absolute Gasteiger partial charge is 0.416 e. The van der Waals surface area contributed by atoms with Crippen LogP contribution in [-0.4, -0.2) is 47.7 Å². The van der Waals surface area contributed by atoms with E-state index in [1.165, 1.54) is 24.4 Å². The van der Waals surface area contributed by atoms with Crippen molar-refractivity contribution in [3.8, 4) is 11.4 Å². The lowest BCUT2D eigenvalue weighted by molar-refractivity contribution is -0.137. The minimum Gasteiger partial charge on any atom is -0.367 e. The number of alkyl halides is 3. The van der Waals surface area contributed by atoms with Crippen molar-refractivity contribution >= 4 is 38.0 Å². The highest BCUT2D eigenvalue weighted by Crippen LogP contribution is 2.34. The SMILES string of the molecule is CC(C)(c1ccc(Cl)cc1)c1nc(-c2cn(Cc3ccc(C(F)(F)F)cc3)c3cc(N4CCS(=O)(=O)CC4)c(F)cc3c2=O)no1. The zero-order valence-electron chi connectivity index (χ0n) is 24.6. The van der Waals surface area contributed by atoms with E-state index in [1.54, 1.807) is 21.6 Å². The maximum Gasteiger partial charge on any atom is 0.416 e. The van der Waals surface area contributed by atoms with Crippen LogP contribution in [0.5, 0.6) is 0 Å². The molecule has 2 aromatic heterocycles. The van der Waals surface area contributed by atoms with Crippen LogP contribution in [-0.2, 0) is 28.0 Å². The van der Waals surface area contributed by atoms with Gasteiger partial charge in [0.05, 0.1) is 39.3 Å². The second kappa shape index (κ2) is 11.5. The first-order valence-corrected chi connectivity index (χ1v) is 16.4. The number of benzene rings is 3. The molecule has 1 aliphatic heterocycles. The standard InChI is InChI=1S/C32H27ClF4N4O4S/c1-31(2,20-7-9-22(33)10-8-20)30-38-29(39-45-30)24-18-41(17-19-3-5-21(6-4-19)32(35,36)37)26-16-27(25(34)15-23(26)28(24)42)40-11-13-46(43,44)14-12-40/h3-10,15-16,18H,11-14,17H2,1-2H3. The van der Waals surface area contributed by atoms with Gasteiger partial charge in [0, 0.05) is 36.2 Å². The highest BCUT2D eigenvalue weighted by atomic mass is 35.5. The van der Waals surface area contributed by atoms with E-state index in [1.807, 2.05) is 26.0 Å². The summed E-state index contributed by atoms with van der Waals surface area (Å²) in [6.07, 6.45) is -3.05. The molecule has 0 amide bonds. The molecular weight excluding hydrogens is 648 g/mol. The molecule has 0 saturated carbocycles. The molecule has 0 spiro atoms. The highest BCUT2D eigenvalue weighted by molar-refractivity contribution is 7.91. The van der Waals surface area contributed by atoms with Gasteiger partial charge in [0.2, 0.25) is 17.1 Å². The third-order valence-electron chi connectivity index (χ3n) is 8.24. The first kappa shape index (κ1) is 31.7. The van der Waals surface area contributed by atoms with Gasteiger partial charge >= 0.3 is 6.18 Å². The second-order valence-electron chi connectivity index (χ2n) is 11.7. The number of pyridine rings is 1. The number of nitrogens with zero attached hydrogens (tertiary/aromatic N) is 4. The van der Waals surface area contributed by atoms with E-state index in [2.05, 4.69) is 10.1 Å². The molecule has 1 fully saturated rings. The van der Waals surface area contributed by atoms with E-state index in [9.17, 15) is 26.4 Å². The van der Waals surface area contributed by atoms with Gasteiger partial charge in [-0.3, -0.25) is 4.79 Å². The fraction of sp³-hybridized carbons (Fsp3) is 0.281. The van der Waals surface area contributed by atoms with Gasteiger partial charge in [-0.1, -0.05) is 41.0 Å². The predicted octanol–water partition coefficient (Wildman–Crippen LogP) is 6.47. The van der Waals surface area contributed by atoms with Crippen LogP contribution < -0.4 is 10.3 Å². The van der Waals surface area contributed by atoms with Crippen molar-refractivity contribution in [3.05, 3.63) is 111 Å². The summed E-state index contributed by atoms with van der Waals surface area (Å²) in [6.45, 7) is 3.88. The molecule has 0 bridgehead atoms. The molecule has 0 radical (unpaired) electrons. The number of sulfone groups is 1. The monoisotopic (exact) mass is 674 g/mol. The first-order valence-electron chi connectivity index (χ1n) is 14.2. The van der Waals surface area contributed by atoms with Crippen molar-refractivity contribution < 1.29 is 30.5 Å². The van der Waals surface area contributed by atoms with Gasteiger partial charge in [-0.05, 0) is 61.4 Å².